The van der Waals surface area contributed by atoms with Crippen LogP contribution in [0, 0.1) is 6.92 Å². The number of aryl methyl sites for hydroxylation is 2. The Balaban J connectivity index is 0.00000231. The first-order valence-corrected chi connectivity index (χ1v) is 15.3. The predicted octanol–water partition coefficient (Wildman–Crippen LogP) is 7.85. The number of imidazole rings is 1. The summed E-state index contributed by atoms with van der Waals surface area (Å²) in [5.74, 6) is 2.03. The molecule has 2 aliphatic rings. The van der Waals surface area contributed by atoms with E-state index < -0.39 is 0 Å². The lowest BCUT2D eigenvalue weighted by Crippen LogP contribution is -2.45. The minimum absolute atomic E-state index is 0. The number of likely N-dealkylation sites (tertiary alicyclic amines) is 2. The number of unbranched alkanes of at least 4 members (excludes halogenated alkanes) is 1. The highest BCUT2D eigenvalue weighted by atomic mass is 35.5. The van der Waals surface area contributed by atoms with E-state index in [1.165, 1.54) is 38.8 Å². The highest BCUT2D eigenvalue weighted by Crippen LogP contribution is 2.25. The molecule has 0 N–H and O–H groups in total. The Morgan fingerprint density at radius 1 is 0.951 bits per heavy atom. The highest BCUT2D eigenvalue weighted by molar-refractivity contribution is 6.30. The molecule has 2 aromatic carbocycles. The van der Waals surface area contributed by atoms with Crippen LogP contribution in [-0.2, 0) is 17.9 Å². The fourth-order valence-corrected chi connectivity index (χ4v) is 6.33. The number of fused-ring (bicyclic) bond motifs is 1. The molecule has 0 saturated carbocycles. The average molecular weight is 624 g/mol. The molecule has 0 aliphatic carbocycles. The van der Waals surface area contributed by atoms with E-state index in [2.05, 4.69) is 39.5 Å². The van der Waals surface area contributed by atoms with Gasteiger partial charge in [-0.25, -0.2) is 4.98 Å². The molecule has 1 aromatic heterocycles. The number of piperidine rings is 2. The molecule has 0 radical (unpaired) electrons. The van der Waals surface area contributed by atoms with E-state index in [-0.39, 0.29) is 24.8 Å². The van der Waals surface area contributed by atoms with Crippen molar-refractivity contribution in [1.82, 2.24) is 19.4 Å². The lowest BCUT2D eigenvalue weighted by molar-refractivity contribution is -0.135. The van der Waals surface area contributed by atoms with Crippen LogP contribution in [0.5, 0.6) is 5.75 Å². The van der Waals surface area contributed by atoms with Crippen molar-refractivity contribution >= 4 is 53.4 Å². The summed E-state index contributed by atoms with van der Waals surface area (Å²) < 4.78 is 8.32. The molecule has 226 valence electrons. The van der Waals surface area contributed by atoms with Crippen LogP contribution in [0.3, 0.4) is 0 Å². The number of para-hydroxylation sites is 1. The summed E-state index contributed by atoms with van der Waals surface area (Å²) >= 11 is 6.02. The van der Waals surface area contributed by atoms with E-state index in [1.54, 1.807) is 0 Å². The summed E-state index contributed by atoms with van der Waals surface area (Å²) in [4.78, 5) is 23.0. The summed E-state index contributed by atoms with van der Waals surface area (Å²) in [6.45, 7) is 7.85. The van der Waals surface area contributed by atoms with Crippen molar-refractivity contribution in [2.24, 2.45) is 0 Å². The van der Waals surface area contributed by atoms with Gasteiger partial charge < -0.3 is 19.1 Å². The molecule has 41 heavy (non-hydrogen) atoms. The van der Waals surface area contributed by atoms with E-state index >= 15 is 0 Å². The van der Waals surface area contributed by atoms with Crippen LogP contribution >= 0.6 is 36.4 Å². The molecule has 3 aromatic rings. The first-order valence-electron chi connectivity index (χ1n) is 14.9. The van der Waals surface area contributed by atoms with Gasteiger partial charge in [0.15, 0.2) is 0 Å². The molecule has 6 nitrogen and oxygen atoms in total. The van der Waals surface area contributed by atoms with Crippen molar-refractivity contribution < 1.29 is 9.53 Å². The maximum atomic E-state index is 13.3. The van der Waals surface area contributed by atoms with Crippen LogP contribution in [0.25, 0.3) is 11.0 Å². The number of hydrogen-bond acceptors (Lipinski definition) is 4. The molecule has 9 heteroatoms. The quantitative estimate of drug-likeness (QED) is 0.204. The molecule has 0 spiro atoms. The Labute approximate surface area is 262 Å². The van der Waals surface area contributed by atoms with Crippen LogP contribution in [0.2, 0.25) is 5.02 Å². The minimum atomic E-state index is 0. The molecule has 0 bridgehead atoms. The number of benzene rings is 2. The molecule has 1 atom stereocenters. The van der Waals surface area contributed by atoms with Gasteiger partial charge in [0.2, 0.25) is 5.91 Å². The van der Waals surface area contributed by atoms with Gasteiger partial charge in [0, 0.05) is 37.1 Å². The van der Waals surface area contributed by atoms with Crippen LogP contribution in [0.15, 0.2) is 42.5 Å². The van der Waals surface area contributed by atoms with Gasteiger partial charge in [-0.1, -0.05) is 30.2 Å². The first kappa shape index (κ1) is 33.5. The number of nitrogens with zero attached hydrogens (tertiary/aromatic N) is 4. The maximum Gasteiger partial charge on any atom is 0.222 e. The van der Waals surface area contributed by atoms with E-state index in [9.17, 15) is 4.79 Å². The zero-order chi connectivity index (χ0) is 27.0. The van der Waals surface area contributed by atoms with Crippen molar-refractivity contribution in [3.8, 4) is 5.75 Å². The van der Waals surface area contributed by atoms with Gasteiger partial charge >= 0.3 is 0 Å². The SMILES string of the molecule is Cc1cccc2c1nc(COc1ccc(Cl)cc1)n2CCCCC(=O)N1CCCCC1CCN1CCCCC1.Cl.Cl. The molecule has 5 rings (SSSR count). The van der Waals surface area contributed by atoms with Gasteiger partial charge in [0.05, 0.1) is 11.0 Å². The summed E-state index contributed by atoms with van der Waals surface area (Å²) in [7, 11) is 0. The number of ether oxygens (including phenoxy) is 1. The third kappa shape index (κ3) is 9.00. The number of amides is 1. The van der Waals surface area contributed by atoms with Crippen molar-refractivity contribution in [2.45, 2.75) is 90.3 Å². The zero-order valence-electron chi connectivity index (χ0n) is 24.2. The molecule has 1 amide bonds. The molecular weight excluding hydrogens is 579 g/mol. The lowest BCUT2D eigenvalue weighted by atomic mass is 9.97. The van der Waals surface area contributed by atoms with E-state index in [0.29, 0.717) is 30.0 Å². The fraction of sp³-hybridized carbons (Fsp3) is 0.562. The molecule has 2 fully saturated rings. The Hall–Kier alpha value is -1.99. The van der Waals surface area contributed by atoms with E-state index in [1.807, 2.05) is 24.3 Å². The second-order valence-electron chi connectivity index (χ2n) is 11.2. The Morgan fingerprint density at radius 3 is 2.49 bits per heavy atom. The second kappa shape index (κ2) is 16.6. The summed E-state index contributed by atoms with van der Waals surface area (Å²) in [6.07, 6.45) is 11.2. The third-order valence-corrected chi connectivity index (χ3v) is 8.69. The second-order valence-corrected chi connectivity index (χ2v) is 11.7. The largest absolute Gasteiger partial charge is 0.486 e. The summed E-state index contributed by atoms with van der Waals surface area (Å²) in [6, 6.07) is 14.2. The number of rotatable bonds is 11. The van der Waals surface area contributed by atoms with Crippen molar-refractivity contribution in [2.75, 3.05) is 26.2 Å². The van der Waals surface area contributed by atoms with Gasteiger partial charge in [-0.15, -0.1) is 24.8 Å². The van der Waals surface area contributed by atoms with Gasteiger partial charge in [-0.3, -0.25) is 4.79 Å². The number of carbonyl (C=O) groups is 1. The van der Waals surface area contributed by atoms with Crippen LogP contribution < -0.4 is 4.74 Å². The molecular formula is C32H45Cl3N4O2. The van der Waals surface area contributed by atoms with Crippen LogP contribution in [-0.4, -0.2) is 57.5 Å². The fourth-order valence-electron chi connectivity index (χ4n) is 6.21. The van der Waals surface area contributed by atoms with Gasteiger partial charge in [0.25, 0.3) is 0 Å². The zero-order valence-corrected chi connectivity index (χ0v) is 26.6. The van der Waals surface area contributed by atoms with Gasteiger partial charge in [0.1, 0.15) is 18.2 Å². The maximum absolute atomic E-state index is 13.3. The molecule has 2 saturated heterocycles. The minimum Gasteiger partial charge on any atom is -0.486 e. The van der Waals surface area contributed by atoms with E-state index in [4.69, 9.17) is 21.3 Å². The van der Waals surface area contributed by atoms with Gasteiger partial charge in [-0.2, -0.15) is 0 Å². The Kier molecular flexibility index (Phi) is 13.6. The van der Waals surface area contributed by atoms with Crippen LogP contribution in [0.1, 0.15) is 75.6 Å². The number of carbonyl (C=O) groups excluding carboxylic acids is 1. The van der Waals surface area contributed by atoms with E-state index in [0.717, 1.165) is 79.9 Å². The number of hydrogen-bond donors (Lipinski definition) is 0. The standard InChI is InChI=1S/C32H43ClN4O2.2ClH/c1-25-10-9-12-29-32(25)34-30(24-39-28-16-14-26(33)15-17-28)37(29)22-8-4-13-31(38)36-21-7-3-11-27(36)18-23-35-19-5-2-6-20-35;;/h9-10,12,14-17,27H,2-8,11,13,18-24H2,1H3;2*1H. The summed E-state index contributed by atoms with van der Waals surface area (Å²) in [5.41, 5.74) is 3.31. The number of halogens is 3. The van der Waals surface area contributed by atoms with Crippen molar-refractivity contribution in [3.05, 3.63) is 58.9 Å². The number of aromatic nitrogens is 2. The smallest absolute Gasteiger partial charge is 0.222 e. The summed E-state index contributed by atoms with van der Waals surface area (Å²) in [5, 5.41) is 0.692. The molecule has 2 aliphatic heterocycles. The molecule has 1 unspecified atom stereocenters. The predicted molar refractivity (Wildman–Crippen MR) is 173 cm³/mol. The first-order chi connectivity index (χ1) is 19.1. The molecule has 3 heterocycles. The van der Waals surface area contributed by atoms with Crippen molar-refractivity contribution in [1.29, 1.82) is 0 Å². The topological polar surface area (TPSA) is 50.6 Å². The van der Waals surface area contributed by atoms with Crippen LogP contribution in [0.4, 0.5) is 0 Å². The lowest BCUT2D eigenvalue weighted by Gasteiger charge is -2.37. The average Bonchev–Trinajstić information content (AvgIpc) is 3.33. The third-order valence-electron chi connectivity index (χ3n) is 8.44. The monoisotopic (exact) mass is 622 g/mol. The van der Waals surface area contributed by atoms with Crippen molar-refractivity contribution in [3.63, 3.8) is 0 Å². The van der Waals surface area contributed by atoms with Gasteiger partial charge in [-0.05, 0) is 107 Å². The Morgan fingerprint density at radius 2 is 1.71 bits per heavy atom. The normalized spacial score (nSPS) is 17.6. The Bertz CT molecular complexity index is 1230. The highest BCUT2D eigenvalue weighted by Gasteiger charge is 2.27.